The van der Waals surface area contributed by atoms with Crippen LogP contribution in [0, 0.1) is 0 Å². The number of hydrogen-bond acceptors (Lipinski definition) is 6. The molecule has 8 nitrogen and oxygen atoms in total. The molecule has 2 aromatic carbocycles. The van der Waals surface area contributed by atoms with E-state index in [1.165, 1.54) is 30.3 Å². The van der Waals surface area contributed by atoms with E-state index in [1.807, 2.05) is 0 Å². The van der Waals surface area contributed by atoms with Crippen LogP contribution < -0.4 is 20.7 Å². The monoisotopic (exact) mass is 479 g/mol. The number of phenolic OH excluding ortho intramolecular Hbond substituents is 1. The number of benzene rings is 2. The fourth-order valence-electron chi connectivity index (χ4n) is 3.04. The number of urea groups is 1. The second-order valence-corrected chi connectivity index (χ2v) is 9.13. The predicted molar refractivity (Wildman–Crippen MR) is 107 cm³/mol. The van der Waals surface area contributed by atoms with E-state index in [2.05, 4.69) is 20.7 Å². The van der Waals surface area contributed by atoms with Gasteiger partial charge >= 0.3 is 12.4 Å². The van der Waals surface area contributed by atoms with Crippen molar-refractivity contribution in [2.75, 3.05) is 23.7 Å². The van der Waals surface area contributed by atoms with Crippen LogP contribution in [0.5, 0.6) is 11.5 Å². The fraction of sp³-hybridized carbons (Fsp3) is 0.278. The summed E-state index contributed by atoms with van der Waals surface area (Å²) in [7, 11) is -4.01. The third kappa shape index (κ3) is 5.32. The summed E-state index contributed by atoms with van der Waals surface area (Å²) < 4.78 is 67.1. The van der Waals surface area contributed by atoms with Crippen LogP contribution in [0.4, 0.5) is 29.3 Å². The van der Waals surface area contributed by atoms with Gasteiger partial charge in [0.1, 0.15) is 4.90 Å². The van der Waals surface area contributed by atoms with E-state index in [9.17, 15) is 31.5 Å². The lowest BCUT2D eigenvalue weighted by Gasteiger charge is -2.17. The summed E-state index contributed by atoms with van der Waals surface area (Å²) in [5.74, 6) is -1.42. The fourth-order valence-corrected chi connectivity index (χ4v) is 5.33. The summed E-state index contributed by atoms with van der Waals surface area (Å²) in [4.78, 5) is 11.8. The van der Waals surface area contributed by atoms with Crippen LogP contribution in [0.25, 0.3) is 0 Å². The number of ether oxygens (including phenoxy) is 1. The standard InChI is InChI=1S/C18H17ClF3N3O5S/c19-11-5-6-13(15(26)16(11)31(28,29)10-7-8-23-9-10)25-17(27)24-12-3-1-2-4-14(12)30-18(20,21)22/h1-6,10,23,26H,7-9H2,(H2,24,25,27)/t10-/m1/s1. The zero-order valence-corrected chi connectivity index (χ0v) is 17.2. The number of halogens is 4. The molecule has 0 saturated carbocycles. The number of hydrogen-bond donors (Lipinski definition) is 4. The van der Waals surface area contributed by atoms with Gasteiger partial charge in [-0.3, -0.25) is 0 Å². The Bertz CT molecular complexity index is 1090. The lowest BCUT2D eigenvalue weighted by Crippen LogP contribution is -2.25. The number of carbonyl (C=O) groups excluding carboxylic acids is 1. The lowest BCUT2D eigenvalue weighted by atomic mass is 10.3. The van der Waals surface area contributed by atoms with E-state index < -0.39 is 43.9 Å². The number of amides is 2. The molecule has 13 heteroatoms. The molecule has 0 spiro atoms. The van der Waals surface area contributed by atoms with Crippen LogP contribution >= 0.6 is 11.6 Å². The van der Waals surface area contributed by atoms with Crippen LogP contribution in [-0.2, 0) is 9.84 Å². The van der Waals surface area contributed by atoms with E-state index in [-0.39, 0.29) is 22.9 Å². The molecule has 2 aromatic rings. The second kappa shape index (κ2) is 8.81. The molecular weight excluding hydrogens is 463 g/mol. The Morgan fingerprint density at radius 3 is 2.48 bits per heavy atom. The van der Waals surface area contributed by atoms with Crippen molar-refractivity contribution in [2.45, 2.75) is 22.9 Å². The van der Waals surface area contributed by atoms with Gasteiger partial charge < -0.3 is 25.8 Å². The first-order valence-corrected chi connectivity index (χ1v) is 10.8. The van der Waals surface area contributed by atoms with Gasteiger partial charge in [0.2, 0.25) is 0 Å². The molecule has 2 amide bonds. The highest BCUT2D eigenvalue weighted by Gasteiger charge is 2.35. The Hall–Kier alpha value is -2.70. The first-order valence-electron chi connectivity index (χ1n) is 8.88. The largest absolute Gasteiger partial charge is 0.573 e. The third-order valence-corrected chi connectivity index (χ3v) is 7.12. The molecule has 0 bridgehead atoms. The maximum absolute atomic E-state index is 12.8. The molecule has 0 aromatic heterocycles. The average molecular weight is 480 g/mol. The van der Waals surface area contributed by atoms with Crippen molar-refractivity contribution in [1.82, 2.24) is 5.32 Å². The van der Waals surface area contributed by atoms with Crippen LogP contribution in [0.2, 0.25) is 5.02 Å². The minimum absolute atomic E-state index is 0.187. The number of sulfone groups is 1. The van der Waals surface area contributed by atoms with E-state index in [0.717, 1.165) is 6.07 Å². The predicted octanol–water partition coefficient (Wildman–Crippen LogP) is 3.72. The molecule has 1 aliphatic rings. The van der Waals surface area contributed by atoms with Gasteiger partial charge in [-0.15, -0.1) is 13.2 Å². The highest BCUT2D eigenvalue weighted by atomic mass is 35.5. The second-order valence-electron chi connectivity index (χ2n) is 6.56. The Morgan fingerprint density at radius 2 is 1.84 bits per heavy atom. The first kappa shape index (κ1) is 23.0. The Balaban J connectivity index is 1.84. The lowest BCUT2D eigenvalue weighted by molar-refractivity contribution is -0.274. The van der Waals surface area contributed by atoms with Crippen molar-refractivity contribution >= 4 is 38.8 Å². The van der Waals surface area contributed by atoms with Gasteiger partial charge in [-0.2, -0.15) is 0 Å². The first-order chi connectivity index (χ1) is 14.5. The highest BCUT2D eigenvalue weighted by molar-refractivity contribution is 7.92. The number of anilines is 2. The minimum Gasteiger partial charge on any atom is -0.504 e. The number of para-hydroxylation sites is 2. The molecule has 4 N–H and O–H groups in total. The van der Waals surface area contributed by atoms with E-state index >= 15 is 0 Å². The smallest absolute Gasteiger partial charge is 0.504 e. The number of phenols is 1. The minimum atomic E-state index is -4.97. The molecule has 1 heterocycles. The summed E-state index contributed by atoms with van der Waals surface area (Å²) in [6, 6.07) is 6.15. The molecule has 1 fully saturated rings. The van der Waals surface area contributed by atoms with Crippen molar-refractivity contribution < 1.29 is 36.2 Å². The molecule has 0 unspecified atom stereocenters. The van der Waals surface area contributed by atoms with E-state index in [4.69, 9.17) is 11.6 Å². The number of carbonyl (C=O) groups is 1. The maximum Gasteiger partial charge on any atom is 0.573 e. The molecule has 1 aliphatic heterocycles. The molecular formula is C18H17ClF3N3O5S. The van der Waals surface area contributed by atoms with Gasteiger partial charge in [0.25, 0.3) is 0 Å². The van der Waals surface area contributed by atoms with Gasteiger partial charge in [-0.25, -0.2) is 13.2 Å². The third-order valence-electron chi connectivity index (χ3n) is 4.43. The summed E-state index contributed by atoms with van der Waals surface area (Å²) in [5.41, 5.74) is -0.587. The summed E-state index contributed by atoms with van der Waals surface area (Å²) in [5, 5.41) is 16.7. The van der Waals surface area contributed by atoms with E-state index in [1.54, 1.807) is 0 Å². The normalized spacial score (nSPS) is 16.7. The van der Waals surface area contributed by atoms with E-state index in [0.29, 0.717) is 13.0 Å². The number of alkyl halides is 3. The van der Waals surface area contributed by atoms with Crippen molar-refractivity contribution in [3.05, 3.63) is 41.4 Å². The number of nitrogens with one attached hydrogen (secondary N) is 3. The van der Waals surface area contributed by atoms with Crippen molar-refractivity contribution in [3.8, 4) is 11.5 Å². The molecule has 168 valence electrons. The van der Waals surface area contributed by atoms with Gasteiger partial charge in [-0.1, -0.05) is 23.7 Å². The van der Waals surface area contributed by atoms with Crippen LogP contribution in [0.3, 0.4) is 0 Å². The molecule has 31 heavy (non-hydrogen) atoms. The molecule has 0 radical (unpaired) electrons. The summed E-state index contributed by atoms with van der Waals surface area (Å²) in [6.07, 6.45) is -4.65. The highest BCUT2D eigenvalue weighted by Crippen LogP contribution is 2.39. The zero-order chi connectivity index (χ0) is 22.8. The Labute approximate surface area is 180 Å². The molecule has 1 atom stereocenters. The van der Waals surface area contributed by atoms with Gasteiger partial charge in [0.05, 0.1) is 21.6 Å². The average Bonchev–Trinajstić information content (AvgIpc) is 3.20. The quantitative estimate of drug-likeness (QED) is 0.486. The Kier molecular flexibility index (Phi) is 6.53. The van der Waals surface area contributed by atoms with Gasteiger partial charge in [-0.05, 0) is 37.2 Å². The number of rotatable bonds is 5. The molecule has 3 rings (SSSR count). The zero-order valence-electron chi connectivity index (χ0n) is 15.7. The van der Waals surface area contributed by atoms with Gasteiger partial charge in [0.15, 0.2) is 21.3 Å². The van der Waals surface area contributed by atoms with Crippen molar-refractivity contribution in [1.29, 1.82) is 0 Å². The van der Waals surface area contributed by atoms with Gasteiger partial charge in [0, 0.05) is 6.54 Å². The van der Waals surface area contributed by atoms with Crippen LogP contribution in [0.1, 0.15) is 6.42 Å². The summed E-state index contributed by atoms with van der Waals surface area (Å²) >= 11 is 6.00. The topological polar surface area (TPSA) is 117 Å². The molecule has 0 aliphatic carbocycles. The Morgan fingerprint density at radius 1 is 1.16 bits per heavy atom. The van der Waals surface area contributed by atoms with Crippen molar-refractivity contribution in [2.24, 2.45) is 0 Å². The maximum atomic E-state index is 12.8. The molecule has 1 saturated heterocycles. The van der Waals surface area contributed by atoms with Crippen LogP contribution in [-0.4, -0.2) is 44.3 Å². The van der Waals surface area contributed by atoms with Crippen molar-refractivity contribution in [3.63, 3.8) is 0 Å². The SMILES string of the molecule is O=C(Nc1ccccc1OC(F)(F)F)Nc1ccc(Cl)c(S(=O)(=O)[C@@H]2CCNC2)c1O. The summed E-state index contributed by atoms with van der Waals surface area (Å²) in [6.45, 7) is 0.675. The number of aromatic hydroxyl groups is 1. The van der Waals surface area contributed by atoms with Crippen LogP contribution in [0.15, 0.2) is 41.3 Å².